The van der Waals surface area contributed by atoms with Crippen molar-refractivity contribution in [3.8, 4) is 5.75 Å². The predicted molar refractivity (Wildman–Crippen MR) is 82.6 cm³/mol. The minimum absolute atomic E-state index is 0.0593. The van der Waals surface area contributed by atoms with Gasteiger partial charge in [-0.15, -0.1) is 0 Å². The summed E-state index contributed by atoms with van der Waals surface area (Å²) in [5.41, 5.74) is 1.95. The second-order valence-corrected chi connectivity index (χ2v) is 5.26. The molecule has 1 unspecified atom stereocenters. The molecule has 0 aliphatic carbocycles. The quantitative estimate of drug-likeness (QED) is 0.878. The molecule has 0 fully saturated rings. The molecule has 1 N–H and O–H groups in total. The fraction of sp³-hybridized carbons (Fsp3) is 0.250. The first-order valence-electron chi connectivity index (χ1n) is 6.48. The smallest absolute Gasteiger partial charge is 0.165 e. The number of hydrogen-bond donors (Lipinski definition) is 1. The largest absolute Gasteiger partial charge is 0.494 e. The molecule has 0 aliphatic heterocycles. The van der Waals surface area contributed by atoms with E-state index < -0.39 is 0 Å². The van der Waals surface area contributed by atoms with E-state index in [1.807, 2.05) is 37.3 Å². The molecule has 2 nitrogen and oxygen atoms in total. The molecule has 2 aromatic carbocycles. The van der Waals surface area contributed by atoms with Gasteiger partial charge in [-0.3, -0.25) is 0 Å². The van der Waals surface area contributed by atoms with Crippen molar-refractivity contribution in [3.05, 3.63) is 63.9 Å². The predicted octanol–water partition coefficient (Wildman–Crippen LogP) is 4.30. The molecule has 2 rings (SSSR count). The lowest BCUT2D eigenvalue weighted by Gasteiger charge is -2.20. The van der Waals surface area contributed by atoms with E-state index in [4.69, 9.17) is 4.74 Å². The molecular weight excluding hydrogens is 321 g/mol. The van der Waals surface area contributed by atoms with E-state index in [0.29, 0.717) is 0 Å². The van der Waals surface area contributed by atoms with Crippen LogP contribution in [0.2, 0.25) is 0 Å². The molecule has 0 spiro atoms. The van der Waals surface area contributed by atoms with Crippen LogP contribution in [0.3, 0.4) is 0 Å². The van der Waals surface area contributed by atoms with E-state index in [-0.39, 0.29) is 17.6 Å². The van der Waals surface area contributed by atoms with Gasteiger partial charge in [0.05, 0.1) is 13.2 Å². The Morgan fingerprint density at radius 1 is 1.25 bits per heavy atom. The summed E-state index contributed by atoms with van der Waals surface area (Å²) in [7, 11) is 1.47. The summed E-state index contributed by atoms with van der Waals surface area (Å²) in [5, 5.41) is 3.38. The van der Waals surface area contributed by atoms with Crippen molar-refractivity contribution < 1.29 is 9.13 Å². The number of nitrogens with one attached hydrogen (secondary N) is 1. The highest BCUT2D eigenvalue weighted by molar-refractivity contribution is 9.10. The molecule has 0 heterocycles. The normalized spacial score (nSPS) is 12.2. The number of halogens is 2. The summed E-state index contributed by atoms with van der Waals surface area (Å²) < 4.78 is 19.9. The van der Waals surface area contributed by atoms with Crippen molar-refractivity contribution in [2.24, 2.45) is 0 Å². The standard InChI is InChI=1S/C16H17BrFNO/c1-3-19-16(12-6-4-5-7-13(12)17)11-8-9-15(20-2)14(18)10-11/h4-10,16,19H,3H2,1-2H3. The van der Waals surface area contributed by atoms with Gasteiger partial charge >= 0.3 is 0 Å². The highest BCUT2D eigenvalue weighted by atomic mass is 79.9. The van der Waals surface area contributed by atoms with Gasteiger partial charge in [0.1, 0.15) is 0 Å². The lowest BCUT2D eigenvalue weighted by molar-refractivity contribution is 0.385. The summed E-state index contributed by atoms with van der Waals surface area (Å²) in [5.74, 6) is -0.0870. The van der Waals surface area contributed by atoms with Crippen molar-refractivity contribution >= 4 is 15.9 Å². The minimum atomic E-state index is -0.347. The van der Waals surface area contributed by atoms with Crippen LogP contribution >= 0.6 is 15.9 Å². The Balaban J connectivity index is 2.43. The van der Waals surface area contributed by atoms with Crippen LogP contribution in [-0.4, -0.2) is 13.7 Å². The van der Waals surface area contributed by atoms with Crippen LogP contribution in [0, 0.1) is 5.82 Å². The van der Waals surface area contributed by atoms with Gasteiger partial charge in [-0.05, 0) is 35.9 Å². The average molecular weight is 338 g/mol. The molecular formula is C16H17BrFNO. The summed E-state index contributed by atoms with van der Waals surface area (Å²) in [6.07, 6.45) is 0. The number of rotatable bonds is 5. The van der Waals surface area contributed by atoms with Crippen LogP contribution in [0.4, 0.5) is 4.39 Å². The van der Waals surface area contributed by atoms with E-state index in [2.05, 4.69) is 21.2 Å². The van der Waals surface area contributed by atoms with E-state index >= 15 is 0 Å². The van der Waals surface area contributed by atoms with Crippen LogP contribution in [0.15, 0.2) is 46.9 Å². The van der Waals surface area contributed by atoms with Gasteiger partial charge in [0, 0.05) is 4.47 Å². The number of benzene rings is 2. The Hall–Kier alpha value is -1.39. The fourth-order valence-corrected chi connectivity index (χ4v) is 2.70. The zero-order valence-electron chi connectivity index (χ0n) is 11.5. The Labute approximate surface area is 127 Å². The van der Waals surface area contributed by atoms with Crippen LogP contribution in [0.25, 0.3) is 0 Å². The maximum absolute atomic E-state index is 13.9. The molecule has 0 saturated heterocycles. The van der Waals surface area contributed by atoms with Crippen molar-refractivity contribution in [1.82, 2.24) is 5.32 Å². The maximum atomic E-state index is 13.9. The first-order chi connectivity index (χ1) is 9.67. The molecule has 0 saturated carbocycles. The Bertz CT molecular complexity index is 588. The molecule has 0 radical (unpaired) electrons. The van der Waals surface area contributed by atoms with E-state index in [0.717, 1.165) is 22.1 Å². The first kappa shape index (κ1) is 15.0. The average Bonchev–Trinajstić information content (AvgIpc) is 2.46. The zero-order chi connectivity index (χ0) is 14.5. The van der Waals surface area contributed by atoms with E-state index in [1.54, 1.807) is 6.07 Å². The van der Waals surface area contributed by atoms with E-state index in [9.17, 15) is 4.39 Å². The molecule has 2 aromatic rings. The van der Waals surface area contributed by atoms with Gasteiger partial charge in [-0.25, -0.2) is 4.39 Å². The van der Waals surface area contributed by atoms with Gasteiger partial charge in [-0.2, -0.15) is 0 Å². The second-order valence-electron chi connectivity index (χ2n) is 4.41. The molecule has 0 bridgehead atoms. The fourth-order valence-electron chi connectivity index (χ4n) is 2.18. The van der Waals surface area contributed by atoms with Crippen LogP contribution in [0.5, 0.6) is 5.75 Å². The summed E-state index contributed by atoms with van der Waals surface area (Å²) in [6, 6.07) is 13.0. The lowest BCUT2D eigenvalue weighted by Crippen LogP contribution is -2.22. The van der Waals surface area contributed by atoms with Gasteiger partial charge in [-0.1, -0.05) is 47.1 Å². The molecule has 0 aliphatic rings. The lowest BCUT2D eigenvalue weighted by atomic mass is 9.98. The third-order valence-corrected chi connectivity index (χ3v) is 3.86. The maximum Gasteiger partial charge on any atom is 0.165 e. The second kappa shape index (κ2) is 6.86. The van der Waals surface area contributed by atoms with Crippen LogP contribution in [-0.2, 0) is 0 Å². The van der Waals surface area contributed by atoms with Gasteiger partial charge < -0.3 is 10.1 Å². The van der Waals surface area contributed by atoms with Gasteiger partial charge in [0.2, 0.25) is 0 Å². The molecule has 106 valence electrons. The first-order valence-corrected chi connectivity index (χ1v) is 7.28. The van der Waals surface area contributed by atoms with Gasteiger partial charge in [0.15, 0.2) is 11.6 Å². The van der Waals surface area contributed by atoms with Crippen molar-refractivity contribution in [1.29, 1.82) is 0 Å². The van der Waals surface area contributed by atoms with Crippen LogP contribution < -0.4 is 10.1 Å². The van der Waals surface area contributed by atoms with Crippen LogP contribution in [0.1, 0.15) is 24.1 Å². The summed E-state index contributed by atoms with van der Waals surface area (Å²) in [6.45, 7) is 2.82. The molecule has 4 heteroatoms. The molecule has 0 aromatic heterocycles. The third-order valence-electron chi connectivity index (χ3n) is 3.13. The van der Waals surface area contributed by atoms with Crippen molar-refractivity contribution in [3.63, 3.8) is 0 Å². The molecule has 0 amide bonds. The highest BCUT2D eigenvalue weighted by Gasteiger charge is 2.17. The third kappa shape index (κ3) is 3.19. The summed E-state index contributed by atoms with van der Waals surface area (Å²) in [4.78, 5) is 0. The van der Waals surface area contributed by atoms with Gasteiger partial charge in [0.25, 0.3) is 0 Å². The Morgan fingerprint density at radius 2 is 2.00 bits per heavy atom. The Morgan fingerprint density at radius 3 is 2.60 bits per heavy atom. The minimum Gasteiger partial charge on any atom is -0.494 e. The molecule has 20 heavy (non-hydrogen) atoms. The highest BCUT2D eigenvalue weighted by Crippen LogP contribution is 2.30. The topological polar surface area (TPSA) is 21.3 Å². The Kier molecular flexibility index (Phi) is 5.15. The molecule has 1 atom stereocenters. The van der Waals surface area contributed by atoms with Crippen molar-refractivity contribution in [2.45, 2.75) is 13.0 Å². The number of hydrogen-bond acceptors (Lipinski definition) is 2. The van der Waals surface area contributed by atoms with Crippen molar-refractivity contribution in [2.75, 3.05) is 13.7 Å². The monoisotopic (exact) mass is 337 g/mol. The SMILES string of the molecule is CCNC(c1ccc(OC)c(F)c1)c1ccccc1Br. The van der Waals surface area contributed by atoms with E-state index in [1.165, 1.54) is 13.2 Å². The number of methoxy groups -OCH3 is 1. The zero-order valence-corrected chi connectivity index (χ0v) is 13.1. The summed E-state index contributed by atoms with van der Waals surface area (Å²) >= 11 is 3.55. The number of ether oxygens (including phenoxy) is 1.